The first-order valence-electron chi connectivity index (χ1n) is 6.74. The van der Waals surface area contributed by atoms with E-state index in [-0.39, 0.29) is 5.82 Å². The van der Waals surface area contributed by atoms with Gasteiger partial charge in [-0.2, -0.15) is 0 Å². The SMILES string of the molecule is CC(Cc1cccc(F)c1)NC1CCCCC1. The predicted octanol–water partition coefficient (Wildman–Crippen LogP) is 3.68. The summed E-state index contributed by atoms with van der Waals surface area (Å²) in [7, 11) is 0. The smallest absolute Gasteiger partial charge is 0.123 e. The van der Waals surface area contributed by atoms with Crippen LogP contribution in [0.2, 0.25) is 0 Å². The van der Waals surface area contributed by atoms with Crippen molar-refractivity contribution in [1.82, 2.24) is 5.32 Å². The summed E-state index contributed by atoms with van der Waals surface area (Å²) in [5.41, 5.74) is 1.08. The number of halogens is 1. The molecule has 1 unspecified atom stereocenters. The monoisotopic (exact) mass is 235 g/mol. The number of hydrogen-bond donors (Lipinski definition) is 1. The van der Waals surface area contributed by atoms with E-state index in [1.54, 1.807) is 12.1 Å². The molecule has 1 N–H and O–H groups in total. The summed E-state index contributed by atoms with van der Waals surface area (Å²) in [5.74, 6) is -0.132. The third kappa shape index (κ3) is 4.12. The molecule has 0 bridgehead atoms. The van der Waals surface area contributed by atoms with Crippen LogP contribution in [0.1, 0.15) is 44.6 Å². The van der Waals surface area contributed by atoms with Crippen LogP contribution in [-0.2, 0) is 6.42 Å². The highest BCUT2D eigenvalue weighted by Gasteiger charge is 2.15. The molecule has 0 aliphatic heterocycles. The van der Waals surface area contributed by atoms with Crippen molar-refractivity contribution in [3.05, 3.63) is 35.6 Å². The molecular formula is C15H22FN. The number of rotatable bonds is 4. The second kappa shape index (κ2) is 6.15. The Morgan fingerprint density at radius 3 is 2.76 bits per heavy atom. The van der Waals surface area contributed by atoms with Gasteiger partial charge in [0.15, 0.2) is 0 Å². The largest absolute Gasteiger partial charge is 0.311 e. The van der Waals surface area contributed by atoms with E-state index < -0.39 is 0 Å². The average molecular weight is 235 g/mol. The normalized spacial score (nSPS) is 19.2. The second-order valence-corrected chi connectivity index (χ2v) is 5.24. The van der Waals surface area contributed by atoms with Gasteiger partial charge in [-0.15, -0.1) is 0 Å². The van der Waals surface area contributed by atoms with Crippen LogP contribution in [0.3, 0.4) is 0 Å². The van der Waals surface area contributed by atoms with Crippen molar-refractivity contribution in [1.29, 1.82) is 0 Å². The molecule has 0 amide bonds. The number of nitrogens with one attached hydrogen (secondary N) is 1. The first-order valence-corrected chi connectivity index (χ1v) is 6.74. The van der Waals surface area contributed by atoms with Crippen LogP contribution in [0, 0.1) is 5.82 Å². The van der Waals surface area contributed by atoms with E-state index in [0.29, 0.717) is 12.1 Å². The molecule has 94 valence electrons. The van der Waals surface area contributed by atoms with Crippen LogP contribution < -0.4 is 5.32 Å². The molecule has 1 fully saturated rings. The maximum absolute atomic E-state index is 13.1. The van der Waals surface area contributed by atoms with Crippen LogP contribution in [-0.4, -0.2) is 12.1 Å². The third-order valence-corrected chi connectivity index (χ3v) is 3.56. The maximum Gasteiger partial charge on any atom is 0.123 e. The Balaban J connectivity index is 1.82. The van der Waals surface area contributed by atoms with Crippen LogP contribution in [0.25, 0.3) is 0 Å². The Hall–Kier alpha value is -0.890. The summed E-state index contributed by atoms with van der Waals surface area (Å²) < 4.78 is 13.1. The van der Waals surface area contributed by atoms with E-state index >= 15 is 0 Å². The summed E-state index contributed by atoms with van der Waals surface area (Å²) in [4.78, 5) is 0. The summed E-state index contributed by atoms with van der Waals surface area (Å²) in [6.45, 7) is 2.19. The van der Waals surface area contributed by atoms with Gasteiger partial charge < -0.3 is 5.32 Å². The average Bonchev–Trinajstić information content (AvgIpc) is 2.30. The molecular weight excluding hydrogens is 213 g/mol. The molecule has 1 aliphatic rings. The van der Waals surface area contributed by atoms with Crippen molar-refractivity contribution in [2.45, 2.75) is 57.5 Å². The minimum Gasteiger partial charge on any atom is -0.311 e. The fourth-order valence-corrected chi connectivity index (χ4v) is 2.75. The van der Waals surface area contributed by atoms with Gasteiger partial charge in [-0.3, -0.25) is 0 Å². The van der Waals surface area contributed by atoms with E-state index in [1.165, 1.54) is 38.2 Å². The number of benzene rings is 1. The lowest BCUT2D eigenvalue weighted by Crippen LogP contribution is -2.38. The van der Waals surface area contributed by atoms with Crippen LogP contribution in [0.5, 0.6) is 0 Å². The summed E-state index contributed by atoms with van der Waals surface area (Å²) in [6.07, 6.45) is 7.60. The van der Waals surface area contributed by atoms with Crippen molar-refractivity contribution < 1.29 is 4.39 Å². The Bertz CT molecular complexity index is 345. The molecule has 0 spiro atoms. The fourth-order valence-electron chi connectivity index (χ4n) is 2.75. The van der Waals surface area contributed by atoms with Gasteiger partial charge in [0.05, 0.1) is 0 Å². The molecule has 2 heteroatoms. The highest BCUT2D eigenvalue weighted by molar-refractivity contribution is 5.17. The molecule has 0 heterocycles. The molecule has 1 atom stereocenters. The highest BCUT2D eigenvalue weighted by Crippen LogP contribution is 2.18. The van der Waals surface area contributed by atoms with Crippen molar-refractivity contribution in [2.75, 3.05) is 0 Å². The van der Waals surface area contributed by atoms with Gasteiger partial charge in [0, 0.05) is 12.1 Å². The summed E-state index contributed by atoms with van der Waals surface area (Å²) in [6, 6.07) is 8.04. The minimum absolute atomic E-state index is 0.132. The molecule has 1 nitrogen and oxygen atoms in total. The first-order chi connectivity index (χ1) is 8.24. The first kappa shape index (κ1) is 12.6. The van der Waals surface area contributed by atoms with Gasteiger partial charge in [0.1, 0.15) is 5.82 Å². The lowest BCUT2D eigenvalue weighted by molar-refractivity contribution is 0.343. The van der Waals surface area contributed by atoms with Gasteiger partial charge in [-0.1, -0.05) is 31.4 Å². The van der Waals surface area contributed by atoms with Crippen molar-refractivity contribution in [2.24, 2.45) is 0 Å². The topological polar surface area (TPSA) is 12.0 Å². The predicted molar refractivity (Wildman–Crippen MR) is 69.6 cm³/mol. The van der Waals surface area contributed by atoms with Crippen LogP contribution in [0.4, 0.5) is 4.39 Å². The lowest BCUT2D eigenvalue weighted by atomic mass is 9.94. The van der Waals surface area contributed by atoms with E-state index in [4.69, 9.17) is 0 Å². The van der Waals surface area contributed by atoms with Gasteiger partial charge in [0.2, 0.25) is 0 Å². The van der Waals surface area contributed by atoms with Gasteiger partial charge in [-0.25, -0.2) is 4.39 Å². The molecule has 0 aromatic heterocycles. The highest BCUT2D eigenvalue weighted by atomic mass is 19.1. The van der Waals surface area contributed by atoms with Gasteiger partial charge in [-0.05, 0) is 43.9 Å². The zero-order valence-corrected chi connectivity index (χ0v) is 10.6. The van der Waals surface area contributed by atoms with Gasteiger partial charge >= 0.3 is 0 Å². The molecule has 1 aliphatic carbocycles. The van der Waals surface area contributed by atoms with E-state index in [9.17, 15) is 4.39 Å². The quantitative estimate of drug-likeness (QED) is 0.839. The van der Waals surface area contributed by atoms with E-state index in [0.717, 1.165) is 12.0 Å². The van der Waals surface area contributed by atoms with Crippen LogP contribution in [0.15, 0.2) is 24.3 Å². The minimum atomic E-state index is -0.132. The van der Waals surface area contributed by atoms with Gasteiger partial charge in [0.25, 0.3) is 0 Å². The summed E-state index contributed by atoms with van der Waals surface area (Å²) >= 11 is 0. The Morgan fingerprint density at radius 2 is 2.06 bits per heavy atom. The standard InChI is InChI=1S/C15H22FN/c1-12(17-15-8-3-2-4-9-15)10-13-6-5-7-14(16)11-13/h5-7,11-12,15,17H,2-4,8-10H2,1H3. The molecule has 1 aromatic rings. The Kier molecular flexibility index (Phi) is 4.55. The van der Waals surface area contributed by atoms with Crippen molar-refractivity contribution in [3.63, 3.8) is 0 Å². The second-order valence-electron chi connectivity index (χ2n) is 5.24. The summed E-state index contributed by atoms with van der Waals surface area (Å²) in [5, 5.41) is 3.66. The van der Waals surface area contributed by atoms with E-state index in [2.05, 4.69) is 12.2 Å². The third-order valence-electron chi connectivity index (χ3n) is 3.56. The van der Waals surface area contributed by atoms with E-state index in [1.807, 2.05) is 6.07 Å². The van der Waals surface area contributed by atoms with Crippen molar-refractivity contribution >= 4 is 0 Å². The zero-order valence-electron chi connectivity index (χ0n) is 10.6. The Morgan fingerprint density at radius 1 is 1.29 bits per heavy atom. The molecule has 0 radical (unpaired) electrons. The molecule has 2 rings (SSSR count). The molecule has 0 saturated heterocycles. The number of hydrogen-bond acceptors (Lipinski definition) is 1. The maximum atomic E-state index is 13.1. The molecule has 1 saturated carbocycles. The zero-order chi connectivity index (χ0) is 12.1. The van der Waals surface area contributed by atoms with Crippen molar-refractivity contribution in [3.8, 4) is 0 Å². The lowest BCUT2D eigenvalue weighted by Gasteiger charge is -2.26. The molecule has 1 aromatic carbocycles. The Labute approximate surface area is 103 Å². The van der Waals surface area contributed by atoms with Crippen LogP contribution >= 0.6 is 0 Å². The molecule has 17 heavy (non-hydrogen) atoms. The fraction of sp³-hybridized carbons (Fsp3) is 0.600.